The summed E-state index contributed by atoms with van der Waals surface area (Å²) < 4.78 is 161. The summed E-state index contributed by atoms with van der Waals surface area (Å²) in [5.74, 6) is -14.4. The summed E-state index contributed by atoms with van der Waals surface area (Å²) in [6, 6.07) is -2.67. The van der Waals surface area contributed by atoms with Gasteiger partial charge in [0.2, 0.25) is 40.6 Å². The van der Waals surface area contributed by atoms with E-state index >= 15 is 0 Å². The number of ether oxygens (including phenoxy) is 1. The average Bonchev–Trinajstić information content (AvgIpc) is 2.67. The van der Waals surface area contributed by atoms with Crippen LogP contribution in [0.1, 0.15) is 20.8 Å². The highest BCUT2D eigenvalue weighted by Gasteiger charge is 2.33. The first-order valence-corrected chi connectivity index (χ1v) is 7.62. The van der Waals surface area contributed by atoms with E-state index in [1.54, 1.807) is 0 Å². The van der Waals surface area contributed by atoms with E-state index in [4.69, 9.17) is 9.59 Å². The van der Waals surface area contributed by atoms with Gasteiger partial charge in [-0.1, -0.05) is 0 Å². The van der Waals surface area contributed by atoms with Gasteiger partial charge in [-0.2, -0.15) is 43.9 Å². The summed E-state index contributed by atoms with van der Waals surface area (Å²) >= 11 is 0. The first-order chi connectivity index (χ1) is 15.5. The first kappa shape index (κ1) is 39.0. The SMILES string of the molecule is CC(=O)C(F)(F)F.CC(=O)F.CC(=O)F.FCC(F)(F)F.O=COc1c(F)c(F)c(F)c(F)c1F. The molecule has 0 aliphatic rings. The average molecular weight is 550 g/mol. The van der Waals surface area contributed by atoms with Crippen LogP contribution < -0.4 is 4.74 Å². The number of carbonyl (C=O) groups excluding carboxylic acids is 4. The molecule has 0 saturated heterocycles. The third-order valence-electron chi connectivity index (χ3n) is 1.89. The highest BCUT2D eigenvalue weighted by molar-refractivity contribution is 5.81. The Labute approximate surface area is 185 Å². The molecule has 0 radical (unpaired) electrons. The van der Waals surface area contributed by atoms with E-state index in [-0.39, 0.29) is 0 Å². The van der Waals surface area contributed by atoms with Crippen LogP contribution in [0.2, 0.25) is 0 Å². The van der Waals surface area contributed by atoms with Gasteiger partial charge in [-0.15, -0.1) is 0 Å². The minimum atomic E-state index is -4.64. The third kappa shape index (κ3) is 23.7. The van der Waals surface area contributed by atoms with Gasteiger partial charge in [-0.25, -0.2) is 17.6 Å². The molecular weight excluding hydrogens is 538 g/mol. The summed E-state index contributed by atoms with van der Waals surface area (Å²) in [4.78, 5) is 36.6. The molecule has 0 saturated carbocycles. The summed E-state index contributed by atoms with van der Waals surface area (Å²) in [5.41, 5.74) is 0. The van der Waals surface area contributed by atoms with Crippen LogP contribution in [0, 0.1) is 29.1 Å². The minimum absolute atomic E-state index is 0.446. The summed E-state index contributed by atoms with van der Waals surface area (Å²) in [6.07, 6.45) is -9.26. The van der Waals surface area contributed by atoms with Gasteiger partial charge in [0.15, 0.2) is 6.67 Å². The highest BCUT2D eigenvalue weighted by atomic mass is 19.4. The van der Waals surface area contributed by atoms with Gasteiger partial charge in [-0.05, 0) is 0 Å². The van der Waals surface area contributed by atoms with Gasteiger partial charge in [0.05, 0.1) is 0 Å². The fourth-order valence-electron chi connectivity index (χ4n) is 0.736. The zero-order chi connectivity index (χ0) is 29.3. The molecule has 0 N–H and O–H groups in total. The molecule has 35 heavy (non-hydrogen) atoms. The van der Waals surface area contributed by atoms with Crippen LogP contribution in [0.3, 0.4) is 0 Å². The Balaban J connectivity index is -0.000000193. The first-order valence-electron chi connectivity index (χ1n) is 7.62. The second-order valence-electron chi connectivity index (χ2n) is 4.86. The number of alkyl halides is 7. The lowest BCUT2D eigenvalue weighted by Gasteiger charge is -2.04. The maximum atomic E-state index is 12.6. The lowest BCUT2D eigenvalue weighted by atomic mass is 10.3. The van der Waals surface area contributed by atoms with Crippen LogP contribution in [0.5, 0.6) is 5.75 Å². The van der Waals surface area contributed by atoms with Crippen molar-refractivity contribution >= 4 is 24.3 Å². The number of ketones is 1. The van der Waals surface area contributed by atoms with Crippen molar-refractivity contribution in [2.75, 3.05) is 6.67 Å². The van der Waals surface area contributed by atoms with Gasteiger partial charge in [-0.3, -0.25) is 19.2 Å². The Bertz CT molecular complexity index is 784. The van der Waals surface area contributed by atoms with Crippen LogP contribution in [0.4, 0.5) is 61.5 Å². The fourth-order valence-corrected chi connectivity index (χ4v) is 0.736. The number of hydrogen-bond acceptors (Lipinski definition) is 5. The molecule has 5 nitrogen and oxygen atoms in total. The molecule has 1 aromatic carbocycles. The summed E-state index contributed by atoms with van der Waals surface area (Å²) in [6.45, 7) is -0.467. The molecule has 1 aromatic rings. The van der Waals surface area contributed by atoms with Gasteiger partial charge < -0.3 is 4.74 Å². The Morgan fingerprint density at radius 1 is 0.714 bits per heavy atom. The molecule has 0 aliphatic heterocycles. The van der Waals surface area contributed by atoms with Crippen molar-refractivity contribution in [3.63, 3.8) is 0 Å². The van der Waals surface area contributed by atoms with Crippen LogP contribution >= 0.6 is 0 Å². The highest BCUT2D eigenvalue weighted by Crippen LogP contribution is 2.28. The standard InChI is InChI=1S/C7HF5O2.C3H3F3O.C2H2F4.2C2H3FO/c8-2-3(9)5(11)7(14-1-13)6(12)4(2)10;1-2(7)3(4,5)6;3-1-2(4,5)6;2*1-2(3)4/h1H;1H3;1H2;2*1H3. The zero-order valence-corrected chi connectivity index (χ0v) is 17.1. The largest absolute Gasteiger partial charge is 0.449 e. The van der Waals surface area contributed by atoms with E-state index in [2.05, 4.69) is 4.74 Å². The minimum Gasteiger partial charge on any atom is -0.422 e. The van der Waals surface area contributed by atoms with Gasteiger partial charge in [0.1, 0.15) is 0 Å². The van der Waals surface area contributed by atoms with E-state index in [9.17, 15) is 71.1 Å². The number of benzene rings is 1. The Morgan fingerprint density at radius 2 is 0.914 bits per heavy atom. The van der Waals surface area contributed by atoms with Gasteiger partial charge in [0, 0.05) is 20.8 Å². The van der Waals surface area contributed by atoms with E-state index in [0.29, 0.717) is 6.92 Å². The van der Waals surface area contributed by atoms with Crippen LogP contribution in [-0.2, 0) is 19.2 Å². The monoisotopic (exact) mass is 550 g/mol. The molecule has 19 heteroatoms. The third-order valence-corrected chi connectivity index (χ3v) is 1.89. The second-order valence-corrected chi connectivity index (χ2v) is 4.86. The van der Waals surface area contributed by atoms with Gasteiger partial charge >= 0.3 is 12.4 Å². The fraction of sp³-hybridized carbons (Fsp3) is 0.375. The zero-order valence-electron chi connectivity index (χ0n) is 17.1. The molecular formula is C16H12F14O5. The van der Waals surface area contributed by atoms with Crippen molar-refractivity contribution in [2.24, 2.45) is 0 Å². The van der Waals surface area contributed by atoms with Crippen molar-refractivity contribution in [1.82, 2.24) is 0 Å². The lowest BCUT2D eigenvalue weighted by Crippen LogP contribution is -2.18. The van der Waals surface area contributed by atoms with Crippen molar-refractivity contribution in [1.29, 1.82) is 0 Å². The molecule has 0 spiro atoms. The van der Waals surface area contributed by atoms with Crippen molar-refractivity contribution < 1.29 is 85.4 Å². The topological polar surface area (TPSA) is 77.5 Å². The molecule has 0 aromatic heterocycles. The maximum absolute atomic E-state index is 12.6. The molecule has 0 bridgehead atoms. The Kier molecular flexibility index (Phi) is 20.1. The normalized spacial score (nSPS) is 9.86. The predicted molar refractivity (Wildman–Crippen MR) is 85.3 cm³/mol. The van der Waals surface area contributed by atoms with Crippen molar-refractivity contribution in [2.45, 2.75) is 33.1 Å². The summed E-state index contributed by atoms with van der Waals surface area (Å²) in [5, 5.41) is 0. The molecule has 0 unspecified atom stereocenters. The Morgan fingerprint density at radius 3 is 1.06 bits per heavy atom. The molecule has 0 atom stereocenters. The number of rotatable bonds is 2. The van der Waals surface area contributed by atoms with Crippen LogP contribution in [-0.4, -0.2) is 43.4 Å². The number of hydrogen-bond donors (Lipinski definition) is 0. The van der Waals surface area contributed by atoms with E-state index in [0.717, 1.165) is 13.8 Å². The van der Waals surface area contributed by atoms with Gasteiger partial charge in [0.25, 0.3) is 18.5 Å². The molecule has 0 amide bonds. The maximum Gasteiger partial charge on any atom is 0.449 e. The van der Waals surface area contributed by atoms with Crippen molar-refractivity contribution in [3.05, 3.63) is 29.1 Å². The molecule has 0 fully saturated rings. The molecule has 1 rings (SSSR count). The molecule has 204 valence electrons. The number of Topliss-reactive ketones (excluding diaryl/α,β-unsaturated/α-hetero) is 1. The van der Waals surface area contributed by atoms with Crippen LogP contribution in [0.15, 0.2) is 0 Å². The second kappa shape index (κ2) is 18.1. The lowest BCUT2D eigenvalue weighted by molar-refractivity contribution is -0.168. The molecule has 0 heterocycles. The smallest absolute Gasteiger partial charge is 0.422 e. The van der Waals surface area contributed by atoms with E-state index in [1.807, 2.05) is 0 Å². The predicted octanol–water partition coefficient (Wildman–Crippen LogP) is 5.58. The summed E-state index contributed by atoms with van der Waals surface area (Å²) in [7, 11) is 0. The Hall–Kier alpha value is -3.28. The molecule has 0 aliphatic carbocycles. The van der Waals surface area contributed by atoms with Crippen molar-refractivity contribution in [3.8, 4) is 5.75 Å². The quantitative estimate of drug-likeness (QED) is 0.158. The van der Waals surface area contributed by atoms with E-state index < -0.39 is 78.2 Å². The number of carbonyl (C=O) groups is 4. The van der Waals surface area contributed by atoms with E-state index in [1.165, 1.54) is 0 Å². The number of halogens is 14. The van der Waals surface area contributed by atoms with Crippen LogP contribution in [0.25, 0.3) is 0 Å².